The van der Waals surface area contributed by atoms with Crippen LogP contribution in [0.15, 0.2) is 40.8 Å². The molecule has 1 aromatic heterocycles. The van der Waals surface area contributed by atoms with Gasteiger partial charge in [-0.15, -0.1) is 0 Å². The number of para-hydroxylation sites is 1. The van der Waals surface area contributed by atoms with Gasteiger partial charge in [0, 0.05) is 17.4 Å². The average Bonchev–Trinajstić information content (AvgIpc) is 3.22. The summed E-state index contributed by atoms with van der Waals surface area (Å²) in [6, 6.07) is 9.05. The second-order valence-electron chi connectivity index (χ2n) is 9.45. The van der Waals surface area contributed by atoms with E-state index in [-0.39, 0.29) is 11.1 Å². The average molecular weight is 657 g/mol. The lowest BCUT2D eigenvalue weighted by Gasteiger charge is -2.45. The Morgan fingerprint density at radius 3 is 2.05 bits per heavy atom. The number of aliphatic hydroxyl groups excluding tert-OH is 3. The SMILES string of the molecule is CC(OP(=O)(O)OC1C(O)C(OP(C)(=O)O)C(O)C(O)C1OP(=O)(O)O)c1cc2c(cc1[N+](=O)[O-])oc1ccccc12. The Morgan fingerprint density at radius 2 is 1.45 bits per heavy atom. The first-order valence-electron chi connectivity index (χ1n) is 11.8. The van der Waals surface area contributed by atoms with Gasteiger partial charge in [0.2, 0.25) is 0 Å². The maximum atomic E-state index is 13.1. The molecule has 1 heterocycles. The molecule has 0 radical (unpaired) electrons. The van der Waals surface area contributed by atoms with Crippen LogP contribution < -0.4 is 0 Å². The molecule has 0 bridgehead atoms. The molecule has 9 atom stereocenters. The number of nitro benzene ring substituents is 1. The smallest absolute Gasteiger partial charge is 0.456 e. The van der Waals surface area contributed by atoms with Gasteiger partial charge in [-0.3, -0.25) is 32.8 Å². The standard InChI is InChI=1S/C21H26NO17P3/c1-9(11-7-12-10-5-3-4-6-14(10)35-15(12)8-13(11)22(26)27)36-42(33,34)39-21-18(25)19(37-40(2,28)29)16(23)17(24)20(21)38-41(30,31)32/h3-9,16-21,23-25H,1-2H3,(H,28,29)(H,33,34)(H2,30,31,32). The van der Waals surface area contributed by atoms with Gasteiger partial charge in [-0.1, -0.05) is 18.2 Å². The predicted octanol–water partition coefficient (Wildman–Crippen LogP) is 1.83. The van der Waals surface area contributed by atoms with Crippen molar-refractivity contribution < 1.29 is 76.0 Å². The van der Waals surface area contributed by atoms with Crippen molar-refractivity contribution in [2.75, 3.05) is 6.66 Å². The fourth-order valence-electron chi connectivity index (χ4n) is 4.62. The summed E-state index contributed by atoms with van der Waals surface area (Å²) in [7, 11) is -15.5. The molecule has 21 heteroatoms. The summed E-state index contributed by atoms with van der Waals surface area (Å²) in [6.07, 6.45) is -15.7. The topological polar surface area (TPSA) is 286 Å². The van der Waals surface area contributed by atoms with Gasteiger partial charge in [0.15, 0.2) is 0 Å². The van der Waals surface area contributed by atoms with E-state index in [4.69, 9.17) is 13.5 Å². The van der Waals surface area contributed by atoms with E-state index in [1.54, 1.807) is 24.3 Å². The molecule has 1 saturated carbocycles. The minimum atomic E-state index is -5.52. The van der Waals surface area contributed by atoms with E-state index in [0.717, 1.165) is 13.0 Å². The fraction of sp³-hybridized carbons (Fsp3) is 0.429. The number of nitrogens with zero attached hydrogens (tertiary/aromatic N) is 1. The monoisotopic (exact) mass is 657 g/mol. The number of nitro groups is 1. The molecule has 1 aliphatic carbocycles. The molecule has 1 fully saturated rings. The molecule has 7 N–H and O–H groups in total. The van der Waals surface area contributed by atoms with Crippen molar-refractivity contribution in [3.63, 3.8) is 0 Å². The molecule has 0 spiro atoms. The largest absolute Gasteiger partial charge is 0.473 e. The van der Waals surface area contributed by atoms with Crippen LogP contribution in [0.3, 0.4) is 0 Å². The van der Waals surface area contributed by atoms with Gasteiger partial charge in [-0.05, 0) is 19.1 Å². The number of rotatable bonds is 10. The van der Waals surface area contributed by atoms with Crippen molar-refractivity contribution in [3.8, 4) is 0 Å². The molecule has 4 rings (SSSR count). The lowest BCUT2D eigenvalue weighted by molar-refractivity contribution is -0.386. The number of hydrogen-bond acceptors (Lipinski definition) is 13. The third-order valence-corrected chi connectivity index (χ3v) is 8.55. The van der Waals surface area contributed by atoms with Gasteiger partial charge in [0.1, 0.15) is 47.8 Å². The minimum Gasteiger partial charge on any atom is -0.456 e. The van der Waals surface area contributed by atoms with Crippen molar-refractivity contribution in [2.45, 2.75) is 49.7 Å². The molecule has 9 unspecified atom stereocenters. The summed E-state index contributed by atoms with van der Waals surface area (Å²) in [5.74, 6) is 0. The molecular formula is C21H26NO17P3. The summed E-state index contributed by atoms with van der Waals surface area (Å²) in [5, 5.41) is 44.2. The first-order chi connectivity index (χ1) is 19.3. The molecule has 1 aliphatic rings. The van der Waals surface area contributed by atoms with Crippen molar-refractivity contribution in [1.82, 2.24) is 0 Å². The van der Waals surface area contributed by atoms with Gasteiger partial charge in [-0.25, -0.2) is 9.13 Å². The number of hydrogen-bond donors (Lipinski definition) is 7. The zero-order chi connectivity index (χ0) is 31.4. The fourth-order valence-corrected chi connectivity index (χ4v) is 6.99. The summed E-state index contributed by atoms with van der Waals surface area (Å²) in [4.78, 5) is 49.6. The summed E-state index contributed by atoms with van der Waals surface area (Å²) in [6.45, 7) is 1.80. The zero-order valence-corrected chi connectivity index (χ0v) is 24.2. The predicted molar refractivity (Wildman–Crippen MR) is 140 cm³/mol. The molecule has 0 amide bonds. The van der Waals surface area contributed by atoms with Crippen LogP contribution in [-0.4, -0.2) is 83.1 Å². The van der Waals surface area contributed by atoms with Gasteiger partial charge in [0.25, 0.3) is 5.69 Å². The Hall–Kier alpha value is -2.11. The van der Waals surface area contributed by atoms with Crippen molar-refractivity contribution in [3.05, 3.63) is 52.1 Å². The first-order valence-corrected chi connectivity index (χ1v) is 16.9. The molecule has 0 aliphatic heterocycles. The van der Waals surface area contributed by atoms with Crippen LogP contribution in [0.2, 0.25) is 0 Å². The highest BCUT2D eigenvalue weighted by Crippen LogP contribution is 2.54. The maximum Gasteiger partial charge on any atom is 0.473 e. The molecule has 42 heavy (non-hydrogen) atoms. The van der Waals surface area contributed by atoms with Crippen molar-refractivity contribution in [2.24, 2.45) is 0 Å². The number of phosphoric acid groups is 2. The highest BCUT2D eigenvalue weighted by atomic mass is 31.2. The van der Waals surface area contributed by atoms with E-state index in [2.05, 4.69) is 9.05 Å². The second kappa shape index (κ2) is 11.8. The third kappa shape index (κ3) is 7.16. The molecule has 3 aromatic rings. The summed E-state index contributed by atoms with van der Waals surface area (Å²) < 4.78 is 61.1. The van der Waals surface area contributed by atoms with E-state index in [0.29, 0.717) is 23.0 Å². The molecule has 232 valence electrons. The van der Waals surface area contributed by atoms with Gasteiger partial charge >= 0.3 is 23.2 Å². The normalized spacial score (nSPS) is 28.8. The number of furan rings is 1. The maximum absolute atomic E-state index is 13.1. The zero-order valence-electron chi connectivity index (χ0n) is 21.5. The molecule has 0 saturated heterocycles. The van der Waals surface area contributed by atoms with Crippen LogP contribution in [-0.2, 0) is 31.8 Å². The number of fused-ring (bicyclic) bond motifs is 3. The third-order valence-electron chi connectivity index (χ3n) is 6.30. The molecular weight excluding hydrogens is 631 g/mol. The Balaban J connectivity index is 1.68. The van der Waals surface area contributed by atoms with Crippen LogP contribution in [0, 0.1) is 10.1 Å². The molecule has 18 nitrogen and oxygen atoms in total. The first kappa shape index (κ1) is 32.8. The highest BCUT2D eigenvalue weighted by molar-refractivity contribution is 7.51. The Labute approximate surface area is 235 Å². The van der Waals surface area contributed by atoms with Crippen LogP contribution in [0.1, 0.15) is 18.6 Å². The second-order valence-corrected chi connectivity index (χ2v) is 13.8. The number of benzene rings is 2. The Bertz CT molecular complexity index is 1630. The van der Waals surface area contributed by atoms with Gasteiger partial charge in [0.05, 0.1) is 22.7 Å². The number of aliphatic hydroxyl groups is 3. The van der Waals surface area contributed by atoms with Gasteiger partial charge in [-0.2, -0.15) is 0 Å². The van der Waals surface area contributed by atoms with Crippen molar-refractivity contribution in [1.29, 1.82) is 0 Å². The van der Waals surface area contributed by atoms with Crippen LogP contribution >= 0.6 is 23.2 Å². The highest BCUT2D eigenvalue weighted by Gasteiger charge is 2.56. The Kier molecular flexibility index (Phi) is 9.19. The van der Waals surface area contributed by atoms with Crippen molar-refractivity contribution >= 4 is 50.9 Å². The van der Waals surface area contributed by atoms with E-state index in [9.17, 15) is 58.7 Å². The molecule has 2 aromatic carbocycles. The quantitative estimate of drug-likeness (QED) is 0.0929. The van der Waals surface area contributed by atoms with E-state index >= 15 is 0 Å². The summed E-state index contributed by atoms with van der Waals surface area (Å²) >= 11 is 0. The van der Waals surface area contributed by atoms with E-state index in [1.165, 1.54) is 6.07 Å². The lowest BCUT2D eigenvalue weighted by atomic mass is 9.85. The van der Waals surface area contributed by atoms with Crippen LogP contribution in [0.25, 0.3) is 21.9 Å². The van der Waals surface area contributed by atoms with Crippen LogP contribution in [0.5, 0.6) is 0 Å². The van der Waals surface area contributed by atoms with E-state index < -0.39 is 76.6 Å². The summed E-state index contributed by atoms with van der Waals surface area (Å²) in [5.41, 5.74) is -0.236. The minimum absolute atomic E-state index is 0.140. The Morgan fingerprint density at radius 1 is 0.857 bits per heavy atom. The van der Waals surface area contributed by atoms with Gasteiger partial charge < -0.3 is 39.3 Å². The van der Waals surface area contributed by atoms with E-state index in [1.807, 2.05) is 0 Å². The number of phosphoric ester groups is 2. The lowest BCUT2D eigenvalue weighted by Crippen LogP contribution is -2.65. The van der Waals surface area contributed by atoms with Crippen LogP contribution in [0.4, 0.5) is 5.69 Å².